The summed E-state index contributed by atoms with van der Waals surface area (Å²) < 4.78 is 0. The minimum Gasteiger partial charge on any atom is -0.228 e. The van der Waals surface area contributed by atoms with Crippen molar-refractivity contribution in [2.75, 3.05) is 0 Å². The summed E-state index contributed by atoms with van der Waals surface area (Å²) in [6.07, 6.45) is 0. The van der Waals surface area contributed by atoms with Gasteiger partial charge in [-0.25, -0.2) is 9.97 Å². The second-order valence-corrected chi connectivity index (χ2v) is 14.5. The number of aromatic nitrogens is 2. The van der Waals surface area contributed by atoms with E-state index in [1.165, 1.54) is 37.8 Å². The molecule has 0 aliphatic carbocycles. The molecule has 0 amide bonds. The van der Waals surface area contributed by atoms with E-state index >= 15 is 0 Å². The van der Waals surface area contributed by atoms with Crippen molar-refractivity contribution >= 4 is 29.2 Å². The summed E-state index contributed by atoms with van der Waals surface area (Å²) in [6, 6.07) is 43.0. The lowest BCUT2D eigenvalue weighted by atomic mass is 10.0. The molecule has 1 aliphatic rings. The van der Waals surface area contributed by atoms with Gasteiger partial charge in [0.05, 0.1) is 11.4 Å². The average Bonchev–Trinajstić information content (AvgIpc) is 3.20. The molecule has 2 nitrogen and oxygen atoms in total. The van der Waals surface area contributed by atoms with E-state index in [-0.39, 0.29) is 0 Å². The van der Waals surface area contributed by atoms with Gasteiger partial charge in [0.1, 0.15) is 8.07 Å². The Hall–Kier alpha value is -4.34. The molecule has 37 heavy (non-hydrogen) atoms. The fraction of sp³-hybridized carbons (Fsp3) is 0.0588. The third kappa shape index (κ3) is 3.46. The number of rotatable bonds is 3. The number of nitrogens with zero attached hydrogens (tertiary/aromatic N) is 2. The van der Waals surface area contributed by atoms with E-state index in [9.17, 15) is 0 Å². The molecule has 3 heteroatoms. The molecule has 176 valence electrons. The average molecular weight is 491 g/mol. The van der Waals surface area contributed by atoms with Crippen LogP contribution in [0.25, 0.3) is 55.8 Å². The molecule has 1 aromatic heterocycles. The van der Waals surface area contributed by atoms with Crippen molar-refractivity contribution in [2.45, 2.75) is 13.1 Å². The molecule has 0 radical (unpaired) electrons. The normalized spacial score (nSPS) is 13.4. The molecule has 0 saturated carbocycles. The Balaban J connectivity index is 1.52. The van der Waals surface area contributed by atoms with Crippen LogP contribution in [0.2, 0.25) is 13.1 Å². The largest absolute Gasteiger partial charge is 0.228 e. The van der Waals surface area contributed by atoms with Crippen molar-refractivity contribution < 1.29 is 0 Å². The van der Waals surface area contributed by atoms with E-state index in [1.54, 1.807) is 0 Å². The summed E-state index contributed by atoms with van der Waals surface area (Å²) in [7, 11) is -2.09. The van der Waals surface area contributed by atoms with Gasteiger partial charge in [-0.05, 0) is 38.3 Å². The summed E-state index contributed by atoms with van der Waals surface area (Å²) in [6.45, 7) is 4.91. The summed E-state index contributed by atoms with van der Waals surface area (Å²) >= 11 is 0. The highest BCUT2D eigenvalue weighted by atomic mass is 28.3. The lowest BCUT2D eigenvalue weighted by Gasteiger charge is -2.23. The van der Waals surface area contributed by atoms with Gasteiger partial charge in [0.15, 0.2) is 5.82 Å². The van der Waals surface area contributed by atoms with Crippen molar-refractivity contribution in [3.8, 4) is 45.0 Å². The first kappa shape index (κ1) is 21.9. The van der Waals surface area contributed by atoms with Crippen LogP contribution in [0.4, 0.5) is 0 Å². The quantitative estimate of drug-likeness (QED) is 0.241. The monoisotopic (exact) mass is 490 g/mol. The Kier molecular flexibility index (Phi) is 4.95. The summed E-state index contributed by atoms with van der Waals surface area (Å²) in [4.78, 5) is 10.6. The highest BCUT2D eigenvalue weighted by Gasteiger charge is 2.43. The van der Waals surface area contributed by atoms with Crippen LogP contribution in [-0.2, 0) is 0 Å². The van der Waals surface area contributed by atoms with E-state index < -0.39 is 8.07 Å². The van der Waals surface area contributed by atoms with Gasteiger partial charge in [0, 0.05) is 16.7 Å². The second kappa shape index (κ2) is 8.36. The first-order chi connectivity index (χ1) is 18.1. The van der Waals surface area contributed by atoms with E-state index in [0.29, 0.717) is 0 Å². The predicted molar refractivity (Wildman–Crippen MR) is 158 cm³/mol. The SMILES string of the molecule is C[Si]1(C)c2c(-c3ccccc3)nc(-c3cccc(-c4ccccc4)c3)nc2-c2ccc3ccccc3c21. The van der Waals surface area contributed by atoms with Crippen molar-refractivity contribution in [1.82, 2.24) is 9.97 Å². The van der Waals surface area contributed by atoms with Gasteiger partial charge in [-0.15, -0.1) is 0 Å². The molecular weight excluding hydrogens is 464 g/mol. The molecule has 0 saturated heterocycles. The van der Waals surface area contributed by atoms with Crippen molar-refractivity contribution in [3.63, 3.8) is 0 Å². The zero-order valence-corrected chi connectivity index (χ0v) is 21.9. The highest BCUT2D eigenvalue weighted by Crippen LogP contribution is 2.36. The van der Waals surface area contributed by atoms with Gasteiger partial charge >= 0.3 is 0 Å². The molecule has 1 aliphatic heterocycles. The van der Waals surface area contributed by atoms with Crippen LogP contribution in [0.3, 0.4) is 0 Å². The minimum absolute atomic E-state index is 0.779. The topological polar surface area (TPSA) is 25.8 Å². The molecule has 2 heterocycles. The molecule has 5 aromatic carbocycles. The molecule has 6 aromatic rings. The maximum atomic E-state index is 5.31. The van der Waals surface area contributed by atoms with Crippen LogP contribution in [-0.4, -0.2) is 18.0 Å². The fourth-order valence-electron chi connectivity index (χ4n) is 5.92. The lowest BCUT2D eigenvalue weighted by Crippen LogP contribution is -2.50. The smallest absolute Gasteiger partial charge is 0.160 e. The van der Waals surface area contributed by atoms with Crippen LogP contribution >= 0.6 is 0 Å². The van der Waals surface area contributed by atoms with Crippen LogP contribution < -0.4 is 10.4 Å². The summed E-state index contributed by atoms with van der Waals surface area (Å²) in [5.41, 5.74) is 8.00. The van der Waals surface area contributed by atoms with Gasteiger partial charge < -0.3 is 0 Å². The van der Waals surface area contributed by atoms with Crippen LogP contribution in [0.5, 0.6) is 0 Å². The zero-order chi connectivity index (χ0) is 25.0. The van der Waals surface area contributed by atoms with Crippen LogP contribution in [0, 0.1) is 0 Å². The molecular formula is C34H26N2Si. The Labute approximate surface area is 218 Å². The fourth-order valence-corrected chi connectivity index (χ4v) is 9.52. The van der Waals surface area contributed by atoms with Crippen molar-refractivity contribution in [3.05, 3.63) is 121 Å². The van der Waals surface area contributed by atoms with Crippen LogP contribution in [0.15, 0.2) is 121 Å². The highest BCUT2D eigenvalue weighted by molar-refractivity contribution is 7.05. The van der Waals surface area contributed by atoms with E-state index in [0.717, 1.165) is 28.3 Å². The molecule has 0 N–H and O–H groups in total. The molecule has 0 fully saturated rings. The summed E-state index contributed by atoms with van der Waals surface area (Å²) in [5.74, 6) is 0.779. The van der Waals surface area contributed by atoms with Gasteiger partial charge in [-0.2, -0.15) is 0 Å². The Bertz CT molecular complexity index is 1790. The standard InChI is InChI=1S/C34H26N2Si/c1-37(2)32-28-19-10-9-14-24(28)20-21-29(32)31-33(37)30(25-15-7-4-8-16-25)35-34(36-31)27-18-11-17-26(22-27)23-12-5-3-6-13-23/h3-22H,1-2H3. The van der Waals surface area contributed by atoms with Gasteiger partial charge in [0.2, 0.25) is 0 Å². The number of benzene rings is 5. The van der Waals surface area contributed by atoms with Crippen molar-refractivity contribution in [2.24, 2.45) is 0 Å². The van der Waals surface area contributed by atoms with Gasteiger partial charge in [-0.1, -0.05) is 128 Å². The van der Waals surface area contributed by atoms with Gasteiger partial charge in [0.25, 0.3) is 0 Å². The number of hydrogen-bond acceptors (Lipinski definition) is 2. The first-order valence-electron chi connectivity index (χ1n) is 12.8. The molecule has 7 rings (SSSR count). The zero-order valence-electron chi connectivity index (χ0n) is 20.9. The Morgan fingerprint density at radius 3 is 1.89 bits per heavy atom. The maximum absolute atomic E-state index is 5.31. The van der Waals surface area contributed by atoms with E-state index in [2.05, 4.69) is 134 Å². The summed E-state index contributed by atoms with van der Waals surface area (Å²) in [5, 5.41) is 5.45. The van der Waals surface area contributed by atoms with Crippen molar-refractivity contribution in [1.29, 1.82) is 0 Å². The Morgan fingerprint density at radius 1 is 0.486 bits per heavy atom. The minimum atomic E-state index is -2.09. The molecule has 0 atom stereocenters. The first-order valence-corrected chi connectivity index (χ1v) is 15.8. The third-order valence-electron chi connectivity index (χ3n) is 7.62. The van der Waals surface area contributed by atoms with Gasteiger partial charge in [-0.3, -0.25) is 0 Å². The van der Waals surface area contributed by atoms with Crippen LogP contribution in [0.1, 0.15) is 0 Å². The predicted octanol–water partition coefficient (Wildman–Crippen LogP) is 7.43. The molecule has 0 unspecified atom stereocenters. The third-order valence-corrected chi connectivity index (χ3v) is 11.1. The van der Waals surface area contributed by atoms with E-state index in [1.807, 2.05) is 0 Å². The number of fused-ring (bicyclic) bond motifs is 5. The van der Waals surface area contributed by atoms with E-state index in [4.69, 9.17) is 9.97 Å². The lowest BCUT2D eigenvalue weighted by molar-refractivity contribution is 1.20. The molecule has 0 spiro atoms. The maximum Gasteiger partial charge on any atom is 0.160 e. The number of hydrogen-bond donors (Lipinski definition) is 0. The second-order valence-electron chi connectivity index (χ2n) is 10.3. The Morgan fingerprint density at radius 2 is 1.11 bits per heavy atom. The molecule has 0 bridgehead atoms.